The third kappa shape index (κ3) is 2.90. The van der Waals surface area contributed by atoms with Crippen molar-refractivity contribution in [3.63, 3.8) is 0 Å². The summed E-state index contributed by atoms with van der Waals surface area (Å²) in [5.74, 6) is -0.0254. The summed E-state index contributed by atoms with van der Waals surface area (Å²) in [6.07, 6.45) is 3.61. The molecule has 0 aliphatic carbocycles. The predicted octanol–water partition coefficient (Wildman–Crippen LogP) is 2.09. The molecule has 1 aliphatic heterocycles. The second-order valence-electron chi connectivity index (χ2n) is 4.78. The zero-order valence-corrected chi connectivity index (χ0v) is 11.7. The number of nitrogens with zero attached hydrogens (tertiary/aromatic N) is 1. The van der Waals surface area contributed by atoms with E-state index in [1.54, 1.807) is 0 Å². The Hall–Kier alpha value is -0.810. The van der Waals surface area contributed by atoms with Crippen molar-refractivity contribution in [2.45, 2.75) is 25.3 Å². The Balaban J connectivity index is 2.08. The SMILES string of the molecule is Cn1cc(Br)cc1C(=O)NC1(C)CCOCC1. The maximum absolute atomic E-state index is 12.2. The molecular formula is C12H17BrN2O2. The molecule has 1 saturated heterocycles. The molecule has 2 heterocycles. The van der Waals surface area contributed by atoms with E-state index in [0.29, 0.717) is 18.9 Å². The molecule has 1 aromatic rings. The summed E-state index contributed by atoms with van der Waals surface area (Å²) in [5, 5.41) is 3.11. The van der Waals surface area contributed by atoms with E-state index in [2.05, 4.69) is 28.2 Å². The van der Waals surface area contributed by atoms with Gasteiger partial charge in [-0.1, -0.05) is 0 Å². The molecule has 94 valence electrons. The summed E-state index contributed by atoms with van der Waals surface area (Å²) in [4.78, 5) is 12.2. The molecule has 17 heavy (non-hydrogen) atoms. The van der Waals surface area contributed by atoms with E-state index in [1.165, 1.54) is 0 Å². The van der Waals surface area contributed by atoms with E-state index in [1.807, 2.05) is 23.9 Å². The van der Waals surface area contributed by atoms with Crippen LogP contribution >= 0.6 is 15.9 Å². The number of aryl methyl sites for hydroxylation is 1. The highest BCUT2D eigenvalue weighted by Crippen LogP contribution is 2.21. The Kier molecular flexibility index (Phi) is 3.58. The third-order valence-corrected chi connectivity index (χ3v) is 3.65. The lowest BCUT2D eigenvalue weighted by Gasteiger charge is -2.34. The molecular weight excluding hydrogens is 284 g/mol. The molecule has 0 saturated carbocycles. The molecule has 0 aromatic carbocycles. The molecule has 0 radical (unpaired) electrons. The first-order chi connectivity index (χ1) is 8.00. The number of ether oxygens (including phenoxy) is 1. The van der Waals surface area contributed by atoms with Crippen LogP contribution in [0.25, 0.3) is 0 Å². The van der Waals surface area contributed by atoms with Crippen LogP contribution in [0.3, 0.4) is 0 Å². The van der Waals surface area contributed by atoms with Crippen LogP contribution in [-0.2, 0) is 11.8 Å². The fraction of sp³-hybridized carbons (Fsp3) is 0.583. The number of nitrogens with one attached hydrogen (secondary N) is 1. The van der Waals surface area contributed by atoms with Gasteiger partial charge in [0.2, 0.25) is 0 Å². The van der Waals surface area contributed by atoms with Crippen LogP contribution in [0.2, 0.25) is 0 Å². The second kappa shape index (κ2) is 4.82. The van der Waals surface area contributed by atoms with Gasteiger partial charge in [0.05, 0.1) is 0 Å². The number of hydrogen-bond acceptors (Lipinski definition) is 2. The number of rotatable bonds is 2. The van der Waals surface area contributed by atoms with Crippen LogP contribution in [0.5, 0.6) is 0 Å². The van der Waals surface area contributed by atoms with Gasteiger partial charge in [0, 0.05) is 36.5 Å². The average Bonchev–Trinajstić information content (AvgIpc) is 2.58. The lowest BCUT2D eigenvalue weighted by Crippen LogP contribution is -2.49. The molecule has 1 aromatic heterocycles. The van der Waals surface area contributed by atoms with Crippen LogP contribution in [0.15, 0.2) is 16.7 Å². The minimum Gasteiger partial charge on any atom is -0.381 e. The first kappa shape index (κ1) is 12.6. The van der Waals surface area contributed by atoms with Crippen LogP contribution in [-0.4, -0.2) is 29.2 Å². The van der Waals surface area contributed by atoms with Gasteiger partial charge in [0.25, 0.3) is 5.91 Å². The molecule has 4 nitrogen and oxygen atoms in total. The number of carbonyl (C=O) groups is 1. The van der Waals surface area contributed by atoms with Gasteiger partial charge in [-0.2, -0.15) is 0 Å². The van der Waals surface area contributed by atoms with Crippen molar-refractivity contribution in [2.24, 2.45) is 7.05 Å². The summed E-state index contributed by atoms with van der Waals surface area (Å²) in [6.45, 7) is 3.51. The molecule has 0 bridgehead atoms. The highest BCUT2D eigenvalue weighted by molar-refractivity contribution is 9.10. The van der Waals surface area contributed by atoms with E-state index in [9.17, 15) is 4.79 Å². The van der Waals surface area contributed by atoms with Crippen LogP contribution in [0, 0.1) is 0 Å². The Bertz CT molecular complexity index is 422. The monoisotopic (exact) mass is 300 g/mol. The van der Waals surface area contributed by atoms with Gasteiger partial charge in [-0.3, -0.25) is 4.79 Å². The van der Waals surface area contributed by atoms with E-state index >= 15 is 0 Å². The molecule has 0 atom stereocenters. The minimum atomic E-state index is -0.147. The fourth-order valence-corrected chi connectivity index (χ4v) is 2.56. The standard InChI is InChI=1S/C12H17BrN2O2/c1-12(3-5-17-6-4-12)14-11(16)10-7-9(13)8-15(10)2/h7-8H,3-6H2,1-2H3,(H,14,16). The normalized spacial score (nSPS) is 19.0. The van der Waals surface area contributed by atoms with Crippen molar-refractivity contribution in [2.75, 3.05) is 13.2 Å². The highest BCUT2D eigenvalue weighted by atomic mass is 79.9. The lowest BCUT2D eigenvalue weighted by molar-refractivity contribution is 0.0420. The van der Waals surface area contributed by atoms with Crippen LogP contribution < -0.4 is 5.32 Å². The first-order valence-electron chi connectivity index (χ1n) is 5.72. The van der Waals surface area contributed by atoms with Gasteiger partial charge in [0.15, 0.2) is 0 Å². The van der Waals surface area contributed by atoms with Gasteiger partial charge in [-0.05, 0) is 41.8 Å². The number of amides is 1. The van der Waals surface area contributed by atoms with Gasteiger partial charge in [-0.25, -0.2) is 0 Å². The summed E-state index contributed by atoms with van der Waals surface area (Å²) in [5.41, 5.74) is 0.524. The Morgan fingerprint density at radius 2 is 2.18 bits per heavy atom. The fourth-order valence-electron chi connectivity index (χ4n) is 2.03. The van der Waals surface area contributed by atoms with E-state index in [-0.39, 0.29) is 11.4 Å². The number of aromatic nitrogens is 1. The molecule has 0 spiro atoms. The van der Waals surface area contributed by atoms with Crippen molar-refractivity contribution in [1.29, 1.82) is 0 Å². The zero-order valence-electron chi connectivity index (χ0n) is 10.1. The molecule has 5 heteroatoms. The van der Waals surface area contributed by atoms with Gasteiger partial charge >= 0.3 is 0 Å². The molecule has 1 aliphatic rings. The topological polar surface area (TPSA) is 43.3 Å². The summed E-state index contributed by atoms with van der Waals surface area (Å²) >= 11 is 3.37. The van der Waals surface area contributed by atoms with Gasteiger partial charge < -0.3 is 14.6 Å². The Morgan fingerprint density at radius 3 is 2.71 bits per heavy atom. The Morgan fingerprint density at radius 1 is 1.53 bits per heavy atom. The quantitative estimate of drug-likeness (QED) is 0.909. The van der Waals surface area contributed by atoms with E-state index in [0.717, 1.165) is 17.3 Å². The molecule has 2 rings (SSSR count). The number of hydrogen-bond donors (Lipinski definition) is 1. The van der Waals surface area contributed by atoms with Crippen molar-refractivity contribution in [3.8, 4) is 0 Å². The highest BCUT2D eigenvalue weighted by Gasteiger charge is 2.29. The lowest BCUT2D eigenvalue weighted by atomic mass is 9.92. The Labute approximate surface area is 109 Å². The smallest absolute Gasteiger partial charge is 0.268 e. The summed E-state index contributed by atoms with van der Waals surface area (Å²) < 4.78 is 8.06. The molecule has 1 fully saturated rings. The van der Waals surface area contributed by atoms with Crippen LogP contribution in [0.1, 0.15) is 30.3 Å². The number of carbonyl (C=O) groups excluding carboxylic acids is 1. The largest absolute Gasteiger partial charge is 0.381 e. The van der Waals surface area contributed by atoms with Crippen molar-refractivity contribution >= 4 is 21.8 Å². The van der Waals surface area contributed by atoms with Crippen LogP contribution in [0.4, 0.5) is 0 Å². The maximum atomic E-state index is 12.2. The molecule has 0 unspecified atom stereocenters. The van der Waals surface area contributed by atoms with Crippen molar-refractivity contribution in [1.82, 2.24) is 9.88 Å². The van der Waals surface area contributed by atoms with E-state index in [4.69, 9.17) is 4.74 Å². The third-order valence-electron chi connectivity index (χ3n) is 3.22. The van der Waals surface area contributed by atoms with E-state index < -0.39 is 0 Å². The summed E-state index contributed by atoms with van der Waals surface area (Å²) in [7, 11) is 1.87. The summed E-state index contributed by atoms with van der Waals surface area (Å²) in [6, 6.07) is 1.83. The number of halogens is 1. The van der Waals surface area contributed by atoms with Crippen molar-refractivity contribution in [3.05, 3.63) is 22.4 Å². The van der Waals surface area contributed by atoms with Gasteiger partial charge in [0.1, 0.15) is 5.69 Å². The molecule has 1 amide bonds. The predicted molar refractivity (Wildman–Crippen MR) is 69.0 cm³/mol. The van der Waals surface area contributed by atoms with Crippen molar-refractivity contribution < 1.29 is 9.53 Å². The maximum Gasteiger partial charge on any atom is 0.268 e. The second-order valence-corrected chi connectivity index (χ2v) is 5.70. The minimum absolute atomic E-state index is 0.0254. The average molecular weight is 301 g/mol. The zero-order chi connectivity index (χ0) is 12.5. The molecule has 1 N–H and O–H groups in total. The first-order valence-corrected chi connectivity index (χ1v) is 6.52. The van der Waals surface area contributed by atoms with Gasteiger partial charge in [-0.15, -0.1) is 0 Å².